The number of rotatable bonds is 3. The van der Waals surface area contributed by atoms with E-state index >= 15 is 0 Å². The summed E-state index contributed by atoms with van der Waals surface area (Å²) in [5.41, 5.74) is 8.73. The van der Waals surface area contributed by atoms with Crippen LogP contribution in [0.1, 0.15) is 33.4 Å². The SMILES string of the molecule is Cc1[cH-]c2cccc(C)c2c1CCc1c(C)[cH-]c2cccc(C)c12.[Cl-].[Cl-].[Zr+4]. The van der Waals surface area contributed by atoms with Gasteiger partial charge in [0, 0.05) is 0 Å². The Kier molecular flexibility index (Phi) is 8.55. The molecule has 0 aromatic heterocycles. The van der Waals surface area contributed by atoms with E-state index in [0.717, 1.165) is 12.8 Å². The van der Waals surface area contributed by atoms with Crippen LogP contribution in [0.3, 0.4) is 0 Å². The van der Waals surface area contributed by atoms with Gasteiger partial charge in [-0.3, -0.25) is 0 Å². The molecule has 0 fully saturated rings. The standard InChI is InChI=1S/C24H24.2ClH.Zr/c1-15-7-5-9-19-13-17(3)21(23(15)19)11-12-22-18(4)14-20-10-6-8-16(2)24(20)22;;;/h5-10,13-14H,11-12H2,1-4H3;2*1H;/q-2;;;+4/p-2. The first-order valence-electron chi connectivity index (χ1n) is 8.85. The van der Waals surface area contributed by atoms with E-state index < -0.39 is 0 Å². The van der Waals surface area contributed by atoms with Gasteiger partial charge in [0.05, 0.1) is 0 Å². The first-order chi connectivity index (χ1) is 11.6. The van der Waals surface area contributed by atoms with Gasteiger partial charge in [0.2, 0.25) is 0 Å². The van der Waals surface area contributed by atoms with Crippen molar-refractivity contribution in [3.63, 3.8) is 0 Å². The van der Waals surface area contributed by atoms with E-state index in [4.69, 9.17) is 0 Å². The Balaban J connectivity index is 0.00000121. The molecule has 4 aromatic rings. The summed E-state index contributed by atoms with van der Waals surface area (Å²) in [7, 11) is 0. The molecule has 0 spiro atoms. The van der Waals surface area contributed by atoms with Gasteiger partial charge in [0.15, 0.2) is 0 Å². The normalized spacial score (nSPS) is 10.4. The topological polar surface area (TPSA) is 0 Å². The third-order valence-electron chi connectivity index (χ3n) is 5.53. The second-order valence-corrected chi connectivity index (χ2v) is 7.19. The molecule has 0 saturated heterocycles. The van der Waals surface area contributed by atoms with Crippen LogP contribution in [0.5, 0.6) is 0 Å². The minimum absolute atomic E-state index is 0. The van der Waals surface area contributed by atoms with Crippen LogP contribution in [-0.2, 0) is 39.0 Å². The molecule has 0 unspecified atom stereocenters. The summed E-state index contributed by atoms with van der Waals surface area (Å²) in [5, 5.41) is 5.73. The van der Waals surface area contributed by atoms with Crippen LogP contribution in [-0.4, -0.2) is 0 Å². The van der Waals surface area contributed by atoms with Gasteiger partial charge in [-0.15, -0.1) is 69.1 Å². The minimum atomic E-state index is 0. The fourth-order valence-corrected chi connectivity index (χ4v) is 4.38. The Morgan fingerprint density at radius 2 is 1.00 bits per heavy atom. The van der Waals surface area contributed by atoms with Gasteiger partial charge in [-0.1, -0.05) is 49.9 Å². The van der Waals surface area contributed by atoms with E-state index in [1.807, 2.05) is 0 Å². The summed E-state index contributed by atoms with van der Waals surface area (Å²) in [6.07, 6.45) is 2.24. The zero-order valence-electron chi connectivity index (χ0n) is 16.3. The average Bonchev–Trinajstić information content (AvgIpc) is 3.03. The van der Waals surface area contributed by atoms with Crippen molar-refractivity contribution in [3.8, 4) is 0 Å². The van der Waals surface area contributed by atoms with Gasteiger partial charge in [-0.05, 0) is 13.8 Å². The Morgan fingerprint density at radius 1 is 0.630 bits per heavy atom. The van der Waals surface area contributed by atoms with Gasteiger partial charge in [-0.2, -0.15) is 11.1 Å². The molecule has 0 heterocycles. The van der Waals surface area contributed by atoms with E-state index in [0.29, 0.717) is 0 Å². The summed E-state index contributed by atoms with van der Waals surface area (Å²) in [5.74, 6) is 0. The van der Waals surface area contributed by atoms with Crippen molar-refractivity contribution in [2.75, 3.05) is 0 Å². The molecule has 0 aliphatic heterocycles. The van der Waals surface area contributed by atoms with Crippen molar-refractivity contribution in [1.29, 1.82) is 0 Å². The predicted molar refractivity (Wildman–Crippen MR) is 105 cm³/mol. The molecule has 0 atom stereocenters. The Hall–Kier alpha value is -0.877. The molecule has 0 aliphatic carbocycles. The molecule has 4 rings (SSSR count). The average molecular weight is 475 g/mol. The van der Waals surface area contributed by atoms with Crippen LogP contribution < -0.4 is 24.8 Å². The molecule has 27 heavy (non-hydrogen) atoms. The molecule has 0 N–H and O–H groups in total. The van der Waals surface area contributed by atoms with Crippen molar-refractivity contribution < 1.29 is 51.0 Å². The number of halogens is 2. The maximum absolute atomic E-state index is 2.35. The molecule has 3 heteroatoms. The predicted octanol–water partition coefficient (Wildman–Crippen LogP) is 0.455. The van der Waals surface area contributed by atoms with E-state index in [2.05, 4.69) is 76.2 Å². The zero-order chi connectivity index (χ0) is 16.8. The van der Waals surface area contributed by atoms with Gasteiger partial charge in [-0.25, -0.2) is 0 Å². The van der Waals surface area contributed by atoms with Gasteiger partial charge >= 0.3 is 26.2 Å². The monoisotopic (exact) mass is 472 g/mol. The van der Waals surface area contributed by atoms with E-state index in [9.17, 15) is 0 Å². The first kappa shape index (κ1) is 24.2. The zero-order valence-corrected chi connectivity index (χ0v) is 20.3. The third kappa shape index (κ3) is 4.26. The molecule has 138 valence electrons. The Morgan fingerprint density at radius 3 is 1.37 bits per heavy atom. The molecule has 4 aromatic carbocycles. The van der Waals surface area contributed by atoms with Crippen LogP contribution in [0.4, 0.5) is 0 Å². The fourth-order valence-electron chi connectivity index (χ4n) is 4.38. The largest absolute Gasteiger partial charge is 4.00 e. The van der Waals surface area contributed by atoms with Crippen LogP contribution in [0.25, 0.3) is 21.5 Å². The van der Waals surface area contributed by atoms with Crippen molar-refractivity contribution in [2.45, 2.75) is 40.5 Å². The van der Waals surface area contributed by atoms with Crippen molar-refractivity contribution in [1.82, 2.24) is 0 Å². The van der Waals surface area contributed by atoms with Crippen molar-refractivity contribution in [2.24, 2.45) is 0 Å². The summed E-state index contributed by atoms with van der Waals surface area (Å²) in [4.78, 5) is 0. The molecule has 0 radical (unpaired) electrons. The number of aryl methyl sites for hydroxylation is 6. The molecule has 0 amide bonds. The maximum atomic E-state index is 2.35. The number of benzene rings is 2. The molecular weight excluding hydrogens is 450 g/mol. The molecule has 0 saturated carbocycles. The van der Waals surface area contributed by atoms with E-state index in [1.54, 1.807) is 0 Å². The Labute approximate surface area is 194 Å². The molecule has 0 aliphatic rings. The van der Waals surface area contributed by atoms with Crippen molar-refractivity contribution in [3.05, 3.63) is 81.9 Å². The van der Waals surface area contributed by atoms with Crippen LogP contribution >= 0.6 is 0 Å². The fraction of sp³-hybridized carbons (Fsp3) is 0.250. The summed E-state index contributed by atoms with van der Waals surface area (Å²) in [6.45, 7) is 8.99. The molecule has 0 bridgehead atoms. The van der Waals surface area contributed by atoms with Crippen LogP contribution in [0.2, 0.25) is 0 Å². The van der Waals surface area contributed by atoms with Gasteiger partial charge in [0.25, 0.3) is 0 Å². The van der Waals surface area contributed by atoms with Crippen molar-refractivity contribution >= 4 is 21.5 Å². The summed E-state index contributed by atoms with van der Waals surface area (Å²) >= 11 is 0. The Bertz CT molecular complexity index is 967. The molecular formula is C24H24Cl2Zr. The minimum Gasteiger partial charge on any atom is -1.00 e. The molecule has 0 nitrogen and oxygen atoms in total. The van der Waals surface area contributed by atoms with E-state index in [1.165, 1.54) is 54.9 Å². The van der Waals surface area contributed by atoms with Crippen LogP contribution in [0, 0.1) is 27.7 Å². The number of hydrogen-bond acceptors (Lipinski definition) is 0. The summed E-state index contributed by atoms with van der Waals surface area (Å²) < 4.78 is 0. The van der Waals surface area contributed by atoms with Gasteiger partial charge < -0.3 is 24.8 Å². The second kappa shape index (κ2) is 9.55. The summed E-state index contributed by atoms with van der Waals surface area (Å²) in [6, 6.07) is 18.0. The smallest absolute Gasteiger partial charge is 1.00 e. The first-order valence-corrected chi connectivity index (χ1v) is 8.85. The van der Waals surface area contributed by atoms with E-state index in [-0.39, 0.29) is 51.0 Å². The maximum Gasteiger partial charge on any atom is 4.00 e. The second-order valence-electron chi connectivity index (χ2n) is 7.19. The van der Waals surface area contributed by atoms with Gasteiger partial charge in [0.1, 0.15) is 0 Å². The third-order valence-corrected chi connectivity index (χ3v) is 5.53. The quantitative estimate of drug-likeness (QED) is 0.379. The number of fused-ring (bicyclic) bond motifs is 2. The number of hydrogen-bond donors (Lipinski definition) is 0. The van der Waals surface area contributed by atoms with Crippen LogP contribution in [0.15, 0.2) is 48.5 Å².